The van der Waals surface area contributed by atoms with E-state index in [4.69, 9.17) is 30.5 Å². The van der Waals surface area contributed by atoms with E-state index in [-0.39, 0.29) is 13.2 Å². The molecule has 0 radical (unpaired) electrons. The van der Waals surface area contributed by atoms with Crippen LogP contribution in [0.4, 0.5) is 10.5 Å². The van der Waals surface area contributed by atoms with Crippen LogP contribution in [0.1, 0.15) is 12.5 Å². The molecule has 0 heterocycles. The molecule has 0 saturated carbocycles. The predicted molar refractivity (Wildman–Crippen MR) is 106 cm³/mol. The number of carbonyl (C=O) groups excluding carboxylic acids is 1. The minimum Gasteiger partial charge on any atom is -0.495 e. The fourth-order valence-electron chi connectivity index (χ4n) is 2.30. The molecule has 0 spiro atoms. The quantitative estimate of drug-likeness (QED) is 0.640. The molecule has 0 bridgehead atoms. The lowest BCUT2D eigenvalue weighted by Gasteiger charge is -2.13. The number of rotatable bonds is 8. The Morgan fingerprint density at radius 2 is 1.81 bits per heavy atom. The van der Waals surface area contributed by atoms with Gasteiger partial charge in [0.15, 0.2) is 11.5 Å². The molecule has 2 aromatic rings. The van der Waals surface area contributed by atoms with E-state index in [2.05, 4.69) is 5.32 Å². The summed E-state index contributed by atoms with van der Waals surface area (Å²) in [5, 5.41) is 3.11. The molecule has 1 N–H and O–H groups in total. The first kappa shape index (κ1) is 20.5. The highest BCUT2D eigenvalue weighted by Gasteiger charge is 2.10. The molecule has 2 aromatic carbocycles. The molecule has 0 atom stereocenters. The van der Waals surface area contributed by atoms with E-state index in [1.54, 1.807) is 25.3 Å². The Bertz CT molecular complexity index is 807. The summed E-state index contributed by atoms with van der Waals surface area (Å²) >= 11 is 5.89. The van der Waals surface area contributed by atoms with Crippen LogP contribution in [0.15, 0.2) is 42.5 Å². The van der Waals surface area contributed by atoms with Gasteiger partial charge in [-0.25, -0.2) is 4.79 Å². The Morgan fingerprint density at radius 1 is 1.04 bits per heavy atom. The zero-order chi connectivity index (χ0) is 19.6. The monoisotopic (exact) mass is 391 g/mol. The molecule has 144 valence electrons. The molecule has 0 unspecified atom stereocenters. The zero-order valence-corrected chi connectivity index (χ0v) is 16.2. The summed E-state index contributed by atoms with van der Waals surface area (Å²) in [4.78, 5) is 11.9. The first-order valence-electron chi connectivity index (χ1n) is 8.28. The second-order valence-electron chi connectivity index (χ2n) is 5.36. The Labute approximate surface area is 163 Å². The number of nitrogens with one attached hydrogen (secondary N) is 1. The molecule has 0 fully saturated rings. The predicted octanol–water partition coefficient (Wildman–Crippen LogP) is 5.02. The van der Waals surface area contributed by atoms with Crippen LogP contribution in [0.3, 0.4) is 0 Å². The van der Waals surface area contributed by atoms with Crippen LogP contribution in [0.25, 0.3) is 6.08 Å². The van der Waals surface area contributed by atoms with Crippen LogP contribution in [0, 0.1) is 0 Å². The number of allylic oxidation sites excluding steroid dienone is 1. The number of methoxy groups -OCH3 is 2. The molecule has 27 heavy (non-hydrogen) atoms. The lowest BCUT2D eigenvalue weighted by atomic mass is 10.2. The number of hydrogen-bond acceptors (Lipinski definition) is 5. The van der Waals surface area contributed by atoms with Gasteiger partial charge in [0.25, 0.3) is 0 Å². The summed E-state index contributed by atoms with van der Waals surface area (Å²) < 4.78 is 21.2. The number of halogens is 1. The maximum atomic E-state index is 11.9. The van der Waals surface area contributed by atoms with Gasteiger partial charge in [-0.2, -0.15) is 0 Å². The van der Waals surface area contributed by atoms with Crippen LogP contribution in [-0.2, 0) is 4.74 Å². The van der Waals surface area contributed by atoms with Crippen molar-refractivity contribution in [3.63, 3.8) is 0 Å². The molecular weight excluding hydrogens is 370 g/mol. The lowest BCUT2D eigenvalue weighted by molar-refractivity contribution is 0.136. The Hall–Kier alpha value is -2.86. The number of carbonyl (C=O) groups is 1. The third kappa shape index (κ3) is 6.11. The van der Waals surface area contributed by atoms with Crippen molar-refractivity contribution in [2.45, 2.75) is 6.92 Å². The van der Waals surface area contributed by atoms with Crippen LogP contribution in [0.2, 0.25) is 5.02 Å². The van der Waals surface area contributed by atoms with Crippen molar-refractivity contribution in [1.82, 2.24) is 0 Å². The van der Waals surface area contributed by atoms with E-state index >= 15 is 0 Å². The molecule has 0 aliphatic carbocycles. The van der Waals surface area contributed by atoms with E-state index in [0.29, 0.717) is 28.0 Å². The van der Waals surface area contributed by atoms with Gasteiger partial charge in [0.05, 0.1) is 19.9 Å². The SMILES string of the molecule is CC=Cc1ccc(OCCOC(=O)Nc2ccc(Cl)cc2OC)c(OC)c1. The highest BCUT2D eigenvalue weighted by atomic mass is 35.5. The molecule has 0 saturated heterocycles. The normalized spacial score (nSPS) is 10.5. The Balaban J connectivity index is 1.84. The molecule has 1 amide bonds. The van der Waals surface area contributed by atoms with Crippen LogP contribution in [0.5, 0.6) is 17.2 Å². The van der Waals surface area contributed by atoms with E-state index in [0.717, 1.165) is 5.56 Å². The lowest BCUT2D eigenvalue weighted by Crippen LogP contribution is -2.18. The summed E-state index contributed by atoms with van der Waals surface area (Å²) in [5.41, 5.74) is 1.48. The molecule has 7 heteroatoms. The van der Waals surface area contributed by atoms with Gasteiger partial charge in [-0.3, -0.25) is 5.32 Å². The molecule has 6 nitrogen and oxygen atoms in total. The van der Waals surface area contributed by atoms with E-state index in [9.17, 15) is 4.79 Å². The van der Waals surface area contributed by atoms with Crippen molar-refractivity contribution in [3.05, 3.63) is 53.1 Å². The van der Waals surface area contributed by atoms with Crippen LogP contribution in [-0.4, -0.2) is 33.5 Å². The minimum absolute atomic E-state index is 0.0709. The number of ether oxygens (including phenoxy) is 4. The Kier molecular flexibility index (Phi) is 7.82. The third-order valence-electron chi connectivity index (χ3n) is 3.52. The maximum Gasteiger partial charge on any atom is 0.411 e. The summed E-state index contributed by atoms with van der Waals surface area (Å²) in [6.45, 7) is 2.20. The van der Waals surface area contributed by atoms with Crippen LogP contribution < -0.4 is 19.5 Å². The topological polar surface area (TPSA) is 66.0 Å². The van der Waals surface area contributed by atoms with Gasteiger partial charge in [-0.05, 0) is 36.8 Å². The summed E-state index contributed by atoms with van der Waals surface area (Å²) in [6.07, 6.45) is 3.29. The van der Waals surface area contributed by atoms with Crippen molar-refractivity contribution in [2.24, 2.45) is 0 Å². The standard InChI is InChI=1S/C20H22ClNO5/c1-4-5-14-6-9-17(19(12-14)25-3)26-10-11-27-20(23)22-16-8-7-15(21)13-18(16)24-2/h4-9,12-13H,10-11H2,1-3H3,(H,22,23). The van der Waals surface area contributed by atoms with Gasteiger partial charge in [-0.1, -0.05) is 29.8 Å². The van der Waals surface area contributed by atoms with E-state index in [1.807, 2.05) is 37.3 Å². The number of hydrogen-bond donors (Lipinski definition) is 1. The number of anilines is 1. The summed E-state index contributed by atoms with van der Waals surface area (Å²) in [6, 6.07) is 10.5. The molecular formula is C20H22ClNO5. The van der Waals surface area contributed by atoms with Crippen LogP contribution >= 0.6 is 11.6 Å². The molecule has 2 rings (SSSR count). The van der Waals surface area contributed by atoms with Gasteiger partial charge >= 0.3 is 6.09 Å². The second kappa shape index (κ2) is 10.3. The zero-order valence-electron chi connectivity index (χ0n) is 15.5. The van der Waals surface area contributed by atoms with Crippen molar-refractivity contribution in [3.8, 4) is 17.2 Å². The fourth-order valence-corrected chi connectivity index (χ4v) is 2.46. The largest absolute Gasteiger partial charge is 0.495 e. The van der Waals surface area contributed by atoms with Gasteiger partial charge < -0.3 is 18.9 Å². The average Bonchev–Trinajstić information content (AvgIpc) is 2.67. The highest BCUT2D eigenvalue weighted by molar-refractivity contribution is 6.30. The average molecular weight is 392 g/mol. The van der Waals surface area contributed by atoms with Gasteiger partial charge in [0.1, 0.15) is 19.0 Å². The van der Waals surface area contributed by atoms with Crippen molar-refractivity contribution < 1.29 is 23.7 Å². The molecule has 0 aromatic heterocycles. The molecule has 0 aliphatic heterocycles. The van der Waals surface area contributed by atoms with Crippen molar-refractivity contribution >= 4 is 29.5 Å². The van der Waals surface area contributed by atoms with Crippen molar-refractivity contribution in [1.29, 1.82) is 0 Å². The fraction of sp³-hybridized carbons (Fsp3) is 0.250. The van der Waals surface area contributed by atoms with Gasteiger partial charge in [0.2, 0.25) is 0 Å². The van der Waals surface area contributed by atoms with E-state index < -0.39 is 6.09 Å². The first-order valence-corrected chi connectivity index (χ1v) is 8.66. The third-order valence-corrected chi connectivity index (χ3v) is 3.76. The maximum absolute atomic E-state index is 11.9. The number of amides is 1. The smallest absolute Gasteiger partial charge is 0.411 e. The van der Waals surface area contributed by atoms with Crippen molar-refractivity contribution in [2.75, 3.05) is 32.8 Å². The van der Waals surface area contributed by atoms with E-state index in [1.165, 1.54) is 7.11 Å². The first-order chi connectivity index (χ1) is 13.1. The Morgan fingerprint density at radius 3 is 2.52 bits per heavy atom. The van der Waals surface area contributed by atoms with Gasteiger partial charge in [-0.15, -0.1) is 0 Å². The number of benzene rings is 2. The van der Waals surface area contributed by atoms with Gasteiger partial charge in [0, 0.05) is 11.1 Å². The highest BCUT2D eigenvalue weighted by Crippen LogP contribution is 2.29. The summed E-state index contributed by atoms with van der Waals surface area (Å²) in [7, 11) is 3.07. The second-order valence-corrected chi connectivity index (χ2v) is 5.80. The minimum atomic E-state index is -0.616. The molecule has 0 aliphatic rings. The summed E-state index contributed by atoms with van der Waals surface area (Å²) in [5.74, 6) is 1.64.